The van der Waals surface area contributed by atoms with Gasteiger partial charge in [0.1, 0.15) is 11.8 Å². The van der Waals surface area contributed by atoms with Crippen molar-refractivity contribution in [2.45, 2.75) is 6.61 Å². The Balaban J connectivity index is 2.18. The lowest BCUT2D eigenvalue weighted by Gasteiger charge is -2.10. The van der Waals surface area contributed by atoms with E-state index in [1.165, 1.54) is 12.1 Å². The van der Waals surface area contributed by atoms with Crippen molar-refractivity contribution >= 4 is 27.3 Å². The number of nitrogens with one attached hydrogen (secondary N) is 1. The number of anilines is 2. The fraction of sp³-hybridized carbons (Fsp3) is 0.0714. The van der Waals surface area contributed by atoms with Gasteiger partial charge in [0.05, 0.1) is 11.3 Å². The molecule has 0 bridgehead atoms. The van der Waals surface area contributed by atoms with Crippen LogP contribution in [0.4, 0.5) is 20.2 Å². The minimum absolute atomic E-state index is 0.0836. The Labute approximate surface area is 122 Å². The first kappa shape index (κ1) is 14.3. The average molecular weight is 339 g/mol. The Hall–Kier alpha value is -2.13. The van der Waals surface area contributed by atoms with Gasteiger partial charge >= 0.3 is 6.61 Å². The quantitative estimate of drug-likeness (QED) is 0.881. The molecule has 2 aromatic carbocycles. The third-order valence-corrected chi connectivity index (χ3v) is 2.95. The maximum atomic E-state index is 12.0. The lowest BCUT2D eigenvalue weighted by atomic mass is 10.2. The largest absolute Gasteiger partial charge is 0.435 e. The van der Waals surface area contributed by atoms with Gasteiger partial charge in [0.15, 0.2) is 0 Å². The van der Waals surface area contributed by atoms with Crippen LogP contribution in [-0.2, 0) is 0 Å². The molecule has 0 aliphatic carbocycles. The van der Waals surface area contributed by atoms with Gasteiger partial charge in [-0.25, -0.2) is 0 Å². The number of alkyl halides is 2. The van der Waals surface area contributed by atoms with E-state index in [1.54, 1.807) is 30.3 Å². The van der Waals surface area contributed by atoms with Gasteiger partial charge in [-0.3, -0.25) is 0 Å². The van der Waals surface area contributed by atoms with E-state index in [9.17, 15) is 8.78 Å². The highest BCUT2D eigenvalue weighted by atomic mass is 79.9. The van der Waals surface area contributed by atoms with Crippen LogP contribution >= 0.6 is 15.9 Å². The first-order valence-corrected chi connectivity index (χ1v) is 6.39. The molecular weight excluding hydrogens is 330 g/mol. The van der Waals surface area contributed by atoms with Crippen molar-refractivity contribution in [1.29, 1.82) is 5.26 Å². The number of halogens is 3. The van der Waals surface area contributed by atoms with Crippen molar-refractivity contribution in [2.75, 3.05) is 5.32 Å². The zero-order valence-electron chi connectivity index (χ0n) is 10.1. The SMILES string of the molecule is N#Cc1ccc(Br)cc1Nc1ccc(OC(F)F)cc1. The van der Waals surface area contributed by atoms with E-state index in [-0.39, 0.29) is 5.75 Å². The van der Waals surface area contributed by atoms with Crippen LogP contribution in [0.15, 0.2) is 46.9 Å². The van der Waals surface area contributed by atoms with E-state index in [1.807, 2.05) is 0 Å². The molecular formula is C14H9BrF2N2O. The van der Waals surface area contributed by atoms with Gasteiger partial charge in [-0.05, 0) is 42.5 Å². The second kappa shape index (κ2) is 6.35. The van der Waals surface area contributed by atoms with Crippen LogP contribution in [0.3, 0.4) is 0 Å². The number of nitriles is 1. The number of benzene rings is 2. The minimum atomic E-state index is -2.84. The van der Waals surface area contributed by atoms with Crippen LogP contribution < -0.4 is 10.1 Å². The molecule has 0 amide bonds. The van der Waals surface area contributed by atoms with Crippen LogP contribution in [0.1, 0.15) is 5.56 Å². The molecule has 0 aromatic heterocycles. The Morgan fingerprint density at radius 1 is 1.15 bits per heavy atom. The molecule has 1 N–H and O–H groups in total. The maximum Gasteiger partial charge on any atom is 0.387 e. The number of ether oxygens (including phenoxy) is 1. The number of rotatable bonds is 4. The number of nitrogens with zero attached hydrogens (tertiary/aromatic N) is 1. The van der Waals surface area contributed by atoms with Crippen LogP contribution in [0.5, 0.6) is 5.75 Å². The van der Waals surface area contributed by atoms with Gasteiger partial charge in [0.2, 0.25) is 0 Å². The molecule has 0 unspecified atom stereocenters. The molecule has 0 radical (unpaired) electrons. The van der Waals surface area contributed by atoms with Gasteiger partial charge in [-0.15, -0.1) is 0 Å². The molecule has 2 rings (SSSR count). The molecule has 2 aromatic rings. The summed E-state index contributed by atoms with van der Waals surface area (Å²) in [7, 11) is 0. The van der Waals surface area contributed by atoms with E-state index < -0.39 is 6.61 Å². The van der Waals surface area contributed by atoms with Gasteiger partial charge in [0.25, 0.3) is 0 Å². The molecule has 0 aliphatic rings. The zero-order valence-corrected chi connectivity index (χ0v) is 11.7. The summed E-state index contributed by atoms with van der Waals surface area (Å²) >= 11 is 3.32. The summed E-state index contributed by atoms with van der Waals surface area (Å²) in [6.45, 7) is -2.84. The highest BCUT2D eigenvalue weighted by Crippen LogP contribution is 2.26. The summed E-state index contributed by atoms with van der Waals surface area (Å²) < 4.78 is 29.2. The molecule has 0 atom stereocenters. The van der Waals surface area contributed by atoms with Crippen LogP contribution in [0.25, 0.3) is 0 Å². The van der Waals surface area contributed by atoms with E-state index in [0.717, 1.165) is 4.47 Å². The van der Waals surface area contributed by atoms with Gasteiger partial charge < -0.3 is 10.1 Å². The molecule has 0 fully saturated rings. The van der Waals surface area contributed by atoms with E-state index in [4.69, 9.17) is 5.26 Å². The second-order valence-corrected chi connectivity index (χ2v) is 4.75. The van der Waals surface area contributed by atoms with E-state index >= 15 is 0 Å². The fourth-order valence-electron chi connectivity index (χ4n) is 1.59. The second-order valence-electron chi connectivity index (χ2n) is 3.83. The Kier molecular flexibility index (Phi) is 4.53. The minimum Gasteiger partial charge on any atom is -0.435 e. The predicted molar refractivity (Wildman–Crippen MR) is 75.2 cm³/mol. The summed E-state index contributed by atoms with van der Waals surface area (Å²) in [5.41, 5.74) is 1.78. The van der Waals surface area contributed by atoms with Crippen molar-refractivity contribution < 1.29 is 13.5 Å². The lowest BCUT2D eigenvalue weighted by molar-refractivity contribution is -0.0498. The zero-order chi connectivity index (χ0) is 14.5. The lowest BCUT2D eigenvalue weighted by Crippen LogP contribution is -2.01. The van der Waals surface area contributed by atoms with E-state index in [0.29, 0.717) is 16.9 Å². The van der Waals surface area contributed by atoms with Crippen molar-refractivity contribution in [3.8, 4) is 11.8 Å². The van der Waals surface area contributed by atoms with Crippen LogP contribution in [0, 0.1) is 11.3 Å². The van der Waals surface area contributed by atoms with Crippen LogP contribution in [-0.4, -0.2) is 6.61 Å². The first-order valence-electron chi connectivity index (χ1n) is 5.60. The highest BCUT2D eigenvalue weighted by Gasteiger charge is 2.06. The smallest absolute Gasteiger partial charge is 0.387 e. The summed E-state index contributed by atoms with van der Waals surface area (Å²) in [5, 5.41) is 12.1. The highest BCUT2D eigenvalue weighted by molar-refractivity contribution is 9.10. The van der Waals surface area contributed by atoms with Crippen molar-refractivity contribution in [2.24, 2.45) is 0 Å². The Bertz CT molecular complexity index is 639. The summed E-state index contributed by atoms with van der Waals surface area (Å²) in [6, 6.07) is 13.3. The topological polar surface area (TPSA) is 45.0 Å². The summed E-state index contributed by atoms with van der Waals surface area (Å²) in [6.07, 6.45) is 0. The molecule has 0 heterocycles. The summed E-state index contributed by atoms with van der Waals surface area (Å²) in [5.74, 6) is 0.0836. The van der Waals surface area contributed by atoms with E-state index in [2.05, 4.69) is 32.1 Å². The molecule has 6 heteroatoms. The normalized spacial score (nSPS) is 10.2. The molecule has 0 saturated carbocycles. The van der Waals surface area contributed by atoms with Crippen molar-refractivity contribution in [1.82, 2.24) is 0 Å². The van der Waals surface area contributed by atoms with Gasteiger partial charge in [-0.2, -0.15) is 14.0 Å². The first-order chi connectivity index (χ1) is 9.58. The predicted octanol–water partition coefficient (Wildman–Crippen LogP) is 4.67. The van der Waals surface area contributed by atoms with Crippen molar-refractivity contribution in [3.63, 3.8) is 0 Å². The molecule has 0 aliphatic heterocycles. The third-order valence-electron chi connectivity index (χ3n) is 2.46. The number of hydrogen-bond acceptors (Lipinski definition) is 3. The third kappa shape index (κ3) is 3.68. The Morgan fingerprint density at radius 3 is 2.45 bits per heavy atom. The van der Waals surface area contributed by atoms with Gasteiger partial charge in [-0.1, -0.05) is 15.9 Å². The molecule has 20 heavy (non-hydrogen) atoms. The Morgan fingerprint density at radius 2 is 1.85 bits per heavy atom. The summed E-state index contributed by atoms with van der Waals surface area (Å²) in [4.78, 5) is 0. The standard InChI is InChI=1S/C14H9BrF2N2O/c15-10-2-1-9(8-18)13(7-10)19-11-3-5-12(6-4-11)20-14(16)17/h1-7,14,19H. The molecule has 3 nitrogen and oxygen atoms in total. The number of hydrogen-bond donors (Lipinski definition) is 1. The molecule has 0 saturated heterocycles. The van der Waals surface area contributed by atoms with Crippen molar-refractivity contribution in [3.05, 3.63) is 52.5 Å². The molecule has 102 valence electrons. The van der Waals surface area contributed by atoms with Crippen LogP contribution in [0.2, 0.25) is 0 Å². The fourth-order valence-corrected chi connectivity index (χ4v) is 1.95. The maximum absolute atomic E-state index is 12.0. The van der Waals surface area contributed by atoms with Gasteiger partial charge in [0, 0.05) is 10.2 Å². The molecule has 0 spiro atoms. The monoisotopic (exact) mass is 338 g/mol. The average Bonchev–Trinajstić information content (AvgIpc) is 2.41.